The van der Waals surface area contributed by atoms with Crippen LogP contribution in [0.25, 0.3) is 0 Å². The molecule has 58 valence electrons. The number of aliphatic hydroxyl groups is 1. The van der Waals surface area contributed by atoms with Gasteiger partial charge in [-0.05, 0) is 39.2 Å². The minimum absolute atomic E-state index is 0.414. The lowest BCUT2D eigenvalue weighted by atomic mass is 10.0. The lowest BCUT2D eigenvalue weighted by Gasteiger charge is -2.38. The van der Waals surface area contributed by atoms with Crippen LogP contribution in [-0.2, 0) is 0 Å². The van der Waals surface area contributed by atoms with Gasteiger partial charge in [0, 0.05) is 6.04 Å². The number of fused-ring (bicyclic) bond motifs is 2. The van der Waals surface area contributed by atoms with Crippen LogP contribution >= 0.6 is 0 Å². The molecule has 0 amide bonds. The molecule has 2 bridgehead atoms. The minimum Gasteiger partial charge on any atom is -0.376 e. The Morgan fingerprint density at radius 3 is 2.80 bits per heavy atom. The predicted octanol–water partition coefficient (Wildman–Crippen LogP) is 0.953. The average Bonchev–Trinajstić information content (AvgIpc) is 2.18. The van der Waals surface area contributed by atoms with Crippen LogP contribution in [0, 0.1) is 0 Å². The standard InChI is InChI=1S/C8H15NO/c1-9-7-3-2-5-8(9,10)6-4-7/h7,10H,2-6H2,1H3/t7?,8-/m1/s1. The zero-order valence-corrected chi connectivity index (χ0v) is 6.51. The van der Waals surface area contributed by atoms with Crippen molar-refractivity contribution in [1.29, 1.82) is 0 Å². The number of piperidine rings is 1. The minimum atomic E-state index is -0.414. The van der Waals surface area contributed by atoms with Crippen molar-refractivity contribution in [3.8, 4) is 0 Å². The fourth-order valence-corrected chi connectivity index (χ4v) is 2.37. The van der Waals surface area contributed by atoms with Crippen LogP contribution in [0.1, 0.15) is 32.1 Å². The normalized spacial score (nSPS) is 48.0. The van der Waals surface area contributed by atoms with E-state index in [-0.39, 0.29) is 0 Å². The second-order valence-electron chi connectivity index (χ2n) is 3.68. The number of hydrogen-bond acceptors (Lipinski definition) is 2. The summed E-state index contributed by atoms with van der Waals surface area (Å²) in [5.41, 5.74) is -0.414. The van der Waals surface area contributed by atoms with E-state index >= 15 is 0 Å². The van der Waals surface area contributed by atoms with Crippen LogP contribution in [0.5, 0.6) is 0 Å². The second-order valence-corrected chi connectivity index (χ2v) is 3.68. The van der Waals surface area contributed by atoms with E-state index in [0.717, 1.165) is 12.8 Å². The molecule has 2 rings (SSSR count). The van der Waals surface area contributed by atoms with Crippen LogP contribution in [-0.4, -0.2) is 28.8 Å². The number of nitrogens with zero attached hydrogens (tertiary/aromatic N) is 1. The quantitative estimate of drug-likeness (QED) is 0.543. The Balaban J connectivity index is 2.21. The highest BCUT2D eigenvalue weighted by atomic mass is 16.3. The van der Waals surface area contributed by atoms with E-state index < -0.39 is 5.72 Å². The fraction of sp³-hybridized carbons (Fsp3) is 1.00. The molecule has 1 unspecified atom stereocenters. The molecule has 10 heavy (non-hydrogen) atoms. The van der Waals surface area contributed by atoms with Gasteiger partial charge in [-0.25, -0.2) is 0 Å². The van der Waals surface area contributed by atoms with Gasteiger partial charge in [0.05, 0.1) is 0 Å². The third-order valence-corrected chi connectivity index (χ3v) is 3.20. The monoisotopic (exact) mass is 141 g/mol. The van der Waals surface area contributed by atoms with Crippen molar-refractivity contribution in [3.05, 3.63) is 0 Å². The molecule has 2 aliphatic rings. The van der Waals surface area contributed by atoms with Gasteiger partial charge < -0.3 is 5.11 Å². The van der Waals surface area contributed by atoms with Gasteiger partial charge in [0.1, 0.15) is 5.72 Å². The highest BCUT2D eigenvalue weighted by Gasteiger charge is 2.44. The van der Waals surface area contributed by atoms with E-state index in [1.165, 1.54) is 19.3 Å². The highest BCUT2D eigenvalue weighted by Crippen LogP contribution is 2.40. The Morgan fingerprint density at radius 1 is 1.40 bits per heavy atom. The van der Waals surface area contributed by atoms with Gasteiger partial charge in [0.2, 0.25) is 0 Å². The summed E-state index contributed by atoms with van der Waals surface area (Å²) in [5, 5.41) is 9.92. The maximum absolute atomic E-state index is 9.92. The topological polar surface area (TPSA) is 23.5 Å². The van der Waals surface area contributed by atoms with Gasteiger partial charge in [-0.2, -0.15) is 0 Å². The average molecular weight is 141 g/mol. The Kier molecular flexibility index (Phi) is 1.29. The largest absolute Gasteiger partial charge is 0.376 e. The second kappa shape index (κ2) is 1.95. The van der Waals surface area contributed by atoms with E-state index in [4.69, 9.17) is 0 Å². The van der Waals surface area contributed by atoms with Gasteiger partial charge in [-0.15, -0.1) is 0 Å². The third-order valence-electron chi connectivity index (χ3n) is 3.20. The molecule has 0 spiro atoms. The highest BCUT2D eigenvalue weighted by molar-refractivity contribution is 4.94. The lowest BCUT2D eigenvalue weighted by molar-refractivity contribution is -0.104. The maximum Gasteiger partial charge on any atom is 0.118 e. The predicted molar refractivity (Wildman–Crippen MR) is 39.6 cm³/mol. The number of hydrogen-bond donors (Lipinski definition) is 1. The molecule has 2 nitrogen and oxygen atoms in total. The van der Waals surface area contributed by atoms with Gasteiger partial charge in [-0.3, -0.25) is 4.90 Å². The van der Waals surface area contributed by atoms with Crippen LogP contribution in [0.4, 0.5) is 0 Å². The lowest BCUT2D eigenvalue weighted by Crippen LogP contribution is -2.47. The molecule has 2 heteroatoms. The molecular formula is C8H15NO. The first kappa shape index (κ1) is 6.62. The number of rotatable bonds is 0. The van der Waals surface area contributed by atoms with E-state index in [0.29, 0.717) is 6.04 Å². The van der Waals surface area contributed by atoms with Crippen molar-refractivity contribution in [3.63, 3.8) is 0 Å². The molecule has 2 aliphatic heterocycles. The summed E-state index contributed by atoms with van der Waals surface area (Å²) in [7, 11) is 2.05. The molecule has 0 saturated carbocycles. The van der Waals surface area contributed by atoms with E-state index in [1.54, 1.807) is 0 Å². The molecule has 1 N–H and O–H groups in total. The van der Waals surface area contributed by atoms with Crippen molar-refractivity contribution in [2.45, 2.75) is 43.9 Å². The molecule has 2 fully saturated rings. The first-order valence-electron chi connectivity index (χ1n) is 4.18. The molecule has 2 heterocycles. The summed E-state index contributed by atoms with van der Waals surface area (Å²) in [4.78, 5) is 2.16. The molecule has 0 aromatic heterocycles. The van der Waals surface area contributed by atoms with Gasteiger partial charge in [-0.1, -0.05) is 0 Å². The van der Waals surface area contributed by atoms with Gasteiger partial charge in [0.25, 0.3) is 0 Å². The summed E-state index contributed by atoms with van der Waals surface area (Å²) in [5.74, 6) is 0. The summed E-state index contributed by atoms with van der Waals surface area (Å²) in [6.45, 7) is 0. The summed E-state index contributed by atoms with van der Waals surface area (Å²) in [6.07, 6.45) is 5.69. The van der Waals surface area contributed by atoms with Crippen LogP contribution in [0.2, 0.25) is 0 Å². The first-order chi connectivity index (χ1) is 4.72. The van der Waals surface area contributed by atoms with Crippen molar-refractivity contribution < 1.29 is 5.11 Å². The Bertz CT molecular complexity index is 144. The van der Waals surface area contributed by atoms with Crippen molar-refractivity contribution in [2.24, 2.45) is 0 Å². The maximum atomic E-state index is 9.92. The molecule has 0 aromatic rings. The van der Waals surface area contributed by atoms with Crippen molar-refractivity contribution in [2.75, 3.05) is 7.05 Å². The Labute approximate surface area is 61.8 Å². The smallest absolute Gasteiger partial charge is 0.118 e. The Hall–Kier alpha value is -0.0800. The third kappa shape index (κ3) is 0.722. The van der Waals surface area contributed by atoms with E-state index in [9.17, 15) is 5.11 Å². The van der Waals surface area contributed by atoms with Crippen LogP contribution < -0.4 is 0 Å². The summed E-state index contributed by atoms with van der Waals surface area (Å²) < 4.78 is 0. The van der Waals surface area contributed by atoms with Crippen LogP contribution in [0.15, 0.2) is 0 Å². The molecule has 0 aliphatic carbocycles. The Morgan fingerprint density at radius 2 is 2.20 bits per heavy atom. The van der Waals surface area contributed by atoms with Crippen molar-refractivity contribution >= 4 is 0 Å². The zero-order chi connectivity index (χ0) is 7.19. The van der Waals surface area contributed by atoms with Crippen molar-refractivity contribution in [1.82, 2.24) is 4.90 Å². The first-order valence-corrected chi connectivity index (χ1v) is 4.18. The van der Waals surface area contributed by atoms with Gasteiger partial charge >= 0.3 is 0 Å². The van der Waals surface area contributed by atoms with E-state index in [1.807, 2.05) is 0 Å². The molecular weight excluding hydrogens is 126 g/mol. The molecule has 2 saturated heterocycles. The molecule has 0 radical (unpaired) electrons. The van der Waals surface area contributed by atoms with E-state index in [2.05, 4.69) is 11.9 Å². The molecule has 0 aromatic carbocycles. The van der Waals surface area contributed by atoms with Crippen LogP contribution in [0.3, 0.4) is 0 Å². The summed E-state index contributed by atoms with van der Waals surface area (Å²) in [6, 6.07) is 0.679. The fourth-order valence-electron chi connectivity index (χ4n) is 2.37. The SMILES string of the molecule is CN1C2CCC[C@@]1(O)CC2. The zero-order valence-electron chi connectivity index (χ0n) is 6.51. The van der Waals surface area contributed by atoms with Gasteiger partial charge in [0.15, 0.2) is 0 Å². The molecule has 2 atom stereocenters. The summed E-state index contributed by atoms with van der Waals surface area (Å²) >= 11 is 0.